The van der Waals surface area contributed by atoms with Gasteiger partial charge in [0.1, 0.15) is 11.3 Å². The van der Waals surface area contributed by atoms with Crippen LogP contribution < -0.4 is 10.6 Å². The minimum Gasteiger partial charge on any atom is -0.337 e. The lowest BCUT2D eigenvalue weighted by molar-refractivity contribution is 0.0200. The highest BCUT2D eigenvalue weighted by molar-refractivity contribution is 6.34. The molecule has 4 aromatic rings. The number of aromatic nitrogens is 4. The minimum absolute atomic E-state index is 0.0819. The Morgan fingerprint density at radius 2 is 2.19 bits per heavy atom. The maximum atomic E-state index is 13.4. The van der Waals surface area contributed by atoms with Gasteiger partial charge in [-0.3, -0.25) is 14.5 Å². The summed E-state index contributed by atoms with van der Waals surface area (Å²) in [6.45, 7) is -0.435. The van der Waals surface area contributed by atoms with E-state index in [9.17, 15) is 13.6 Å². The van der Waals surface area contributed by atoms with Crippen molar-refractivity contribution in [3.63, 3.8) is 0 Å². The first-order chi connectivity index (χ1) is 14.9. The molecule has 1 aliphatic rings. The maximum Gasteiger partial charge on any atom is 0.274 e. The summed E-state index contributed by atoms with van der Waals surface area (Å²) >= 11 is 6.25. The fraction of sp³-hybridized carbons (Fsp3) is 0.200. The van der Waals surface area contributed by atoms with Crippen LogP contribution in [0.3, 0.4) is 0 Å². The zero-order valence-electron chi connectivity index (χ0n) is 15.8. The van der Waals surface area contributed by atoms with Gasteiger partial charge in [-0.15, -0.1) is 0 Å². The van der Waals surface area contributed by atoms with Crippen LogP contribution in [0, 0.1) is 0 Å². The van der Waals surface area contributed by atoms with Crippen molar-refractivity contribution in [1.29, 1.82) is 0 Å². The van der Waals surface area contributed by atoms with Gasteiger partial charge in [0.2, 0.25) is 11.7 Å². The van der Waals surface area contributed by atoms with E-state index >= 15 is 0 Å². The molecule has 1 amide bonds. The van der Waals surface area contributed by atoms with Crippen LogP contribution in [0.1, 0.15) is 28.8 Å². The topological polar surface area (TPSA) is 97.3 Å². The van der Waals surface area contributed by atoms with Crippen LogP contribution >= 0.6 is 11.6 Å². The summed E-state index contributed by atoms with van der Waals surface area (Å²) in [4.78, 5) is 21.2. The summed E-state index contributed by atoms with van der Waals surface area (Å²) in [5, 5.41) is 9.62. The van der Waals surface area contributed by atoms with Crippen LogP contribution in [0.4, 0.5) is 14.5 Å². The average Bonchev–Trinajstić information content (AvgIpc) is 3.47. The van der Waals surface area contributed by atoms with Gasteiger partial charge in [0, 0.05) is 18.2 Å². The first-order valence-electron chi connectivity index (χ1n) is 9.38. The molecule has 0 saturated carbocycles. The van der Waals surface area contributed by atoms with E-state index in [1.807, 2.05) is 6.07 Å². The maximum absolute atomic E-state index is 13.4. The second-order valence-electron chi connectivity index (χ2n) is 7.17. The Kier molecular flexibility index (Phi) is 4.67. The Hall–Kier alpha value is -3.37. The molecule has 1 aliphatic heterocycles. The molecule has 1 aromatic carbocycles. The van der Waals surface area contributed by atoms with E-state index in [2.05, 4.69) is 25.8 Å². The molecule has 8 nitrogen and oxygen atoms in total. The highest BCUT2D eigenvalue weighted by Gasteiger charge is 2.42. The van der Waals surface area contributed by atoms with E-state index in [0.29, 0.717) is 27.6 Å². The second-order valence-corrected chi connectivity index (χ2v) is 7.58. The number of carbonyl (C=O) groups excluding carboxylic acids is 1. The SMILES string of the molecule is O=C(Nc1cc(-c2noc([C@H]3CC(F)(F)CN3)n2)ccc1Cl)c1cnc2ccccn12. The van der Waals surface area contributed by atoms with Crippen molar-refractivity contribution in [3.8, 4) is 11.4 Å². The van der Waals surface area contributed by atoms with Gasteiger partial charge < -0.3 is 9.84 Å². The molecular weight excluding hydrogens is 430 g/mol. The number of alkyl halides is 2. The van der Waals surface area contributed by atoms with Crippen molar-refractivity contribution in [2.75, 3.05) is 11.9 Å². The van der Waals surface area contributed by atoms with Crippen molar-refractivity contribution < 1.29 is 18.1 Å². The number of carbonyl (C=O) groups is 1. The number of imidazole rings is 1. The number of benzene rings is 1. The van der Waals surface area contributed by atoms with E-state index in [-0.39, 0.29) is 11.7 Å². The zero-order chi connectivity index (χ0) is 21.6. The molecule has 1 fully saturated rings. The molecule has 4 heterocycles. The second kappa shape index (κ2) is 7.40. The van der Waals surface area contributed by atoms with Gasteiger partial charge in [0.25, 0.3) is 11.8 Å². The third kappa shape index (κ3) is 3.75. The average molecular weight is 445 g/mol. The summed E-state index contributed by atoms with van der Waals surface area (Å²) < 4.78 is 33.7. The fourth-order valence-corrected chi connectivity index (χ4v) is 3.60. The van der Waals surface area contributed by atoms with Crippen molar-refractivity contribution >= 4 is 28.8 Å². The lowest BCUT2D eigenvalue weighted by Gasteiger charge is -2.08. The molecule has 0 bridgehead atoms. The number of rotatable bonds is 4. The number of amides is 1. The lowest BCUT2D eigenvalue weighted by atomic mass is 10.1. The number of pyridine rings is 1. The highest BCUT2D eigenvalue weighted by atomic mass is 35.5. The van der Waals surface area contributed by atoms with Crippen LogP contribution in [-0.2, 0) is 0 Å². The first kappa shape index (κ1) is 19.6. The number of halogens is 3. The Labute approximate surface area is 179 Å². The van der Waals surface area contributed by atoms with E-state index in [4.69, 9.17) is 16.1 Å². The first-order valence-corrected chi connectivity index (χ1v) is 9.76. The predicted molar refractivity (Wildman–Crippen MR) is 108 cm³/mol. The molecule has 3 aromatic heterocycles. The highest BCUT2D eigenvalue weighted by Crippen LogP contribution is 2.34. The monoisotopic (exact) mass is 444 g/mol. The third-order valence-electron chi connectivity index (χ3n) is 4.97. The Morgan fingerprint density at radius 3 is 3.00 bits per heavy atom. The quantitative estimate of drug-likeness (QED) is 0.494. The molecule has 1 atom stereocenters. The molecular formula is C20H15ClF2N6O2. The van der Waals surface area contributed by atoms with E-state index in [1.54, 1.807) is 40.9 Å². The zero-order valence-corrected chi connectivity index (χ0v) is 16.6. The van der Waals surface area contributed by atoms with Crippen molar-refractivity contribution in [3.05, 3.63) is 65.4 Å². The molecule has 5 rings (SSSR count). The van der Waals surface area contributed by atoms with Gasteiger partial charge >= 0.3 is 0 Å². The summed E-state index contributed by atoms with van der Waals surface area (Å²) in [5.74, 6) is -2.93. The number of hydrogen-bond acceptors (Lipinski definition) is 6. The standard InChI is InChI=1S/C20H15ClF2N6O2/c21-12-5-4-11(17-27-19(31-28-17)14-8-20(22,23)10-25-14)7-13(12)26-18(30)15-9-24-16-3-1-2-6-29(15)16/h1-7,9,14,25H,8,10H2,(H,26,30)/t14-/m1/s1. The Balaban J connectivity index is 1.39. The van der Waals surface area contributed by atoms with Crippen molar-refractivity contribution in [2.45, 2.75) is 18.4 Å². The molecule has 31 heavy (non-hydrogen) atoms. The number of anilines is 1. The van der Waals surface area contributed by atoms with E-state index in [1.165, 1.54) is 6.20 Å². The number of fused-ring (bicyclic) bond motifs is 1. The lowest BCUT2D eigenvalue weighted by Crippen LogP contribution is -2.19. The van der Waals surface area contributed by atoms with Gasteiger partial charge in [-0.1, -0.05) is 22.8 Å². The predicted octanol–water partition coefficient (Wildman–Crippen LogP) is 3.96. The van der Waals surface area contributed by atoms with Crippen LogP contribution in [0.25, 0.3) is 17.0 Å². The number of hydrogen-bond donors (Lipinski definition) is 2. The van der Waals surface area contributed by atoms with Gasteiger partial charge in [0.15, 0.2) is 0 Å². The smallest absolute Gasteiger partial charge is 0.274 e. The van der Waals surface area contributed by atoms with E-state index in [0.717, 1.165) is 0 Å². The molecule has 2 N–H and O–H groups in total. The normalized spacial score (nSPS) is 17.8. The third-order valence-corrected chi connectivity index (χ3v) is 5.30. The van der Waals surface area contributed by atoms with Crippen LogP contribution in [0.15, 0.2) is 53.3 Å². The van der Waals surface area contributed by atoms with Gasteiger partial charge in [-0.2, -0.15) is 4.98 Å². The molecule has 0 spiro atoms. The summed E-state index contributed by atoms with van der Waals surface area (Å²) in [7, 11) is 0. The van der Waals surface area contributed by atoms with Gasteiger partial charge in [0.05, 0.1) is 29.5 Å². The van der Waals surface area contributed by atoms with Gasteiger partial charge in [-0.05, 0) is 30.3 Å². The Bertz CT molecular complexity index is 1290. The van der Waals surface area contributed by atoms with Crippen molar-refractivity contribution in [1.82, 2.24) is 24.8 Å². The van der Waals surface area contributed by atoms with Crippen molar-refractivity contribution in [2.24, 2.45) is 0 Å². The summed E-state index contributed by atoms with van der Waals surface area (Å²) in [5.41, 5.74) is 1.83. The number of nitrogens with one attached hydrogen (secondary N) is 2. The largest absolute Gasteiger partial charge is 0.337 e. The van der Waals surface area contributed by atoms with Crippen LogP contribution in [-0.4, -0.2) is 37.9 Å². The molecule has 1 saturated heterocycles. The number of nitrogens with zero attached hydrogens (tertiary/aromatic N) is 4. The summed E-state index contributed by atoms with van der Waals surface area (Å²) in [6.07, 6.45) is 2.80. The fourth-order valence-electron chi connectivity index (χ4n) is 3.43. The summed E-state index contributed by atoms with van der Waals surface area (Å²) in [6, 6.07) is 9.52. The molecule has 158 valence electrons. The van der Waals surface area contributed by atoms with E-state index < -0.39 is 30.8 Å². The molecule has 11 heteroatoms. The van der Waals surface area contributed by atoms with Crippen LogP contribution in [0.5, 0.6) is 0 Å². The minimum atomic E-state index is -2.81. The Morgan fingerprint density at radius 1 is 1.32 bits per heavy atom. The molecule has 0 unspecified atom stereocenters. The molecule has 0 radical (unpaired) electrons. The van der Waals surface area contributed by atoms with Crippen LogP contribution in [0.2, 0.25) is 5.02 Å². The van der Waals surface area contributed by atoms with Gasteiger partial charge in [-0.25, -0.2) is 13.8 Å². The molecule has 0 aliphatic carbocycles.